The zero-order valence-electron chi connectivity index (χ0n) is 17.3. The zero-order valence-corrected chi connectivity index (χ0v) is 17.3. The van der Waals surface area contributed by atoms with Crippen LogP contribution in [0.2, 0.25) is 0 Å². The first-order valence-electron chi connectivity index (χ1n) is 10.2. The number of β-amino-alcohol motifs (C(OH)–C–C–N with tert-alkyl or cyclic N) is 1. The highest BCUT2D eigenvalue weighted by Gasteiger charge is 2.36. The maximum atomic E-state index is 12.8. The molecular weight excluding hydrogens is 388 g/mol. The number of likely N-dealkylation sites (tertiary alicyclic amines) is 1. The van der Waals surface area contributed by atoms with E-state index in [2.05, 4.69) is 4.90 Å². The first-order valence-corrected chi connectivity index (χ1v) is 10.2. The van der Waals surface area contributed by atoms with Crippen molar-refractivity contribution in [2.24, 2.45) is 7.05 Å². The molecule has 0 spiro atoms. The van der Waals surface area contributed by atoms with Crippen molar-refractivity contribution < 1.29 is 24.5 Å². The van der Waals surface area contributed by atoms with E-state index in [0.29, 0.717) is 38.5 Å². The van der Waals surface area contributed by atoms with Crippen LogP contribution in [0, 0.1) is 0 Å². The molecule has 2 N–H and O–H groups in total. The molecule has 1 aromatic carbocycles. The monoisotopic (exact) mass is 416 g/mol. The second-order valence-electron chi connectivity index (χ2n) is 8.21. The number of aromatic nitrogens is 1. The van der Waals surface area contributed by atoms with E-state index < -0.39 is 12.3 Å². The minimum absolute atomic E-state index is 0.105. The van der Waals surface area contributed by atoms with E-state index >= 15 is 0 Å². The summed E-state index contributed by atoms with van der Waals surface area (Å²) in [7, 11) is 3.69. The van der Waals surface area contributed by atoms with Gasteiger partial charge in [0.05, 0.1) is 17.7 Å². The number of rotatable bonds is 4. The lowest BCUT2D eigenvalue weighted by Crippen LogP contribution is -2.52. The Hall–Kier alpha value is -2.62. The van der Waals surface area contributed by atoms with Crippen LogP contribution in [0.1, 0.15) is 12.0 Å². The molecule has 9 nitrogen and oxygen atoms in total. The van der Waals surface area contributed by atoms with E-state index in [-0.39, 0.29) is 11.9 Å². The second-order valence-corrected chi connectivity index (χ2v) is 8.21. The standard InChI is InChI=1S/C21H28N4O5/c1-22-13-16(26)11-17(22)20(27)25-8-6-24(7-9-25)12-15-5-3-4-14-10-18(30-21(28)29)23(2)19(14)15/h3-5,10,16-17,26H,6-9,11-13H2,1-2H3,(H,28,29)/t16-,17-/m1/s1. The lowest BCUT2D eigenvalue weighted by Gasteiger charge is -2.37. The van der Waals surface area contributed by atoms with Crippen LogP contribution in [0.3, 0.4) is 0 Å². The molecule has 2 aliphatic rings. The summed E-state index contributed by atoms with van der Waals surface area (Å²) < 4.78 is 6.64. The average Bonchev–Trinajstić information content (AvgIpc) is 3.20. The highest BCUT2D eigenvalue weighted by Crippen LogP contribution is 2.28. The number of ether oxygens (including phenoxy) is 1. The number of nitrogens with zero attached hydrogens (tertiary/aromatic N) is 4. The van der Waals surface area contributed by atoms with Crippen molar-refractivity contribution in [3.8, 4) is 5.88 Å². The molecule has 0 radical (unpaired) electrons. The Morgan fingerprint density at radius 3 is 2.53 bits per heavy atom. The van der Waals surface area contributed by atoms with Crippen LogP contribution in [0.5, 0.6) is 5.88 Å². The van der Waals surface area contributed by atoms with Crippen LogP contribution < -0.4 is 4.74 Å². The number of aliphatic hydroxyl groups excluding tert-OH is 1. The summed E-state index contributed by atoms with van der Waals surface area (Å²) in [4.78, 5) is 29.9. The van der Waals surface area contributed by atoms with Gasteiger partial charge in [-0.2, -0.15) is 0 Å². The van der Waals surface area contributed by atoms with Gasteiger partial charge in [0, 0.05) is 57.8 Å². The van der Waals surface area contributed by atoms with E-state index in [1.54, 1.807) is 17.7 Å². The SMILES string of the molecule is CN1C[C@H](O)C[C@@H]1C(=O)N1CCN(Cc2cccc3cc(OC(=O)O)n(C)c23)CC1. The summed E-state index contributed by atoms with van der Waals surface area (Å²) in [5, 5.41) is 19.7. The number of piperazine rings is 1. The zero-order chi connectivity index (χ0) is 21.4. The van der Waals surface area contributed by atoms with Gasteiger partial charge in [0.2, 0.25) is 11.8 Å². The molecule has 2 aliphatic heterocycles. The van der Waals surface area contributed by atoms with Crippen LogP contribution >= 0.6 is 0 Å². The quantitative estimate of drug-likeness (QED) is 0.716. The topological polar surface area (TPSA) is 98.5 Å². The molecule has 2 fully saturated rings. The number of carbonyl (C=O) groups is 2. The maximum absolute atomic E-state index is 12.8. The largest absolute Gasteiger partial charge is 0.512 e. The molecule has 2 saturated heterocycles. The van der Waals surface area contributed by atoms with E-state index in [0.717, 1.165) is 29.6 Å². The van der Waals surface area contributed by atoms with Gasteiger partial charge in [-0.25, -0.2) is 4.79 Å². The highest BCUT2D eigenvalue weighted by atomic mass is 16.7. The van der Waals surface area contributed by atoms with Gasteiger partial charge in [-0.15, -0.1) is 0 Å². The fraction of sp³-hybridized carbons (Fsp3) is 0.524. The Labute approximate surface area is 175 Å². The molecule has 2 atom stereocenters. The smallest absolute Gasteiger partial charge is 0.449 e. The number of carbonyl (C=O) groups excluding carboxylic acids is 1. The molecule has 3 heterocycles. The summed E-state index contributed by atoms with van der Waals surface area (Å²) >= 11 is 0. The van der Waals surface area contributed by atoms with Crippen molar-refractivity contribution in [1.82, 2.24) is 19.3 Å². The van der Waals surface area contributed by atoms with Gasteiger partial charge in [0.15, 0.2) is 0 Å². The Balaban J connectivity index is 1.42. The first kappa shape index (κ1) is 20.6. The van der Waals surface area contributed by atoms with Gasteiger partial charge in [0.1, 0.15) is 0 Å². The van der Waals surface area contributed by atoms with E-state index in [1.807, 2.05) is 35.0 Å². The molecule has 1 amide bonds. The molecule has 9 heteroatoms. The third-order valence-electron chi connectivity index (χ3n) is 6.18. The summed E-state index contributed by atoms with van der Waals surface area (Å²) in [5.74, 6) is 0.400. The number of fused-ring (bicyclic) bond motifs is 1. The van der Waals surface area contributed by atoms with Crippen LogP contribution in [0.25, 0.3) is 10.9 Å². The summed E-state index contributed by atoms with van der Waals surface area (Å²) in [5.41, 5.74) is 2.04. The summed E-state index contributed by atoms with van der Waals surface area (Å²) in [6.45, 7) is 4.12. The van der Waals surface area contributed by atoms with Crippen LogP contribution in [-0.2, 0) is 18.4 Å². The molecule has 4 rings (SSSR count). The third-order valence-corrected chi connectivity index (χ3v) is 6.18. The number of hydrogen-bond acceptors (Lipinski definition) is 6. The van der Waals surface area contributed by atoms with Crippen LogP contribution in [-0.4, -0.2) is 93.5 Å². The van der Waals surface area contributed by atoms with Crippen molar-refractivity contribution in [1.29, 1.82) is 0 Å². The molecule has 0 unspecified atom stereocenters. The van der Waals surface area contributed by atoms with Gasteiger partial charge in [-0.05, 0) is 19.0 Å². The molecule has 2 aromatic rings. The summed E-state index contributed by atoms with van der Waals surface area (Å²) in [6.07, 6.45) is -1.25. The number of amides is 1. The van der Waals surface area contributed by atoms with Gasteiger partial charge in [-0.3, -0.25) is 14.6 Å². The van der Waals surface area contributed by atoms with Gasteiger partial charge in [-0.1, -0.05) is 18.2 Å². The molecule has 0 aliphatic carbocycles. The molecule has 0 saturated carbocycles. The number of para-hydroxylation sites is 1. The van der Waals surface area contributed by atoms with Gasteiger partial charge < -0.3 is 24.4 Å². The Kier molecular flexibility index (Phi) is 5.68. The van der Waals surface area contributed by atoms with Crippen LogP contribution in [0.15, 0.2) is 24.3 Å². The van der Waals surface area contributed by atoms with Gasteiger partial charge in [0.25, 0.3) is 0 Å². The van der Waals surface area contributed by atoms with Crippen molar-refractivity contribution in [2.45, 2.75) is 25.1 Å². The van der Waals surface area contributed by atoms with E-state index in [4.69, 9.17) is 9.84 Å². The molecule has 30 heavy (non-hydrogen) atoms. The van der Waals surface area contributed by atoms with Crippen LogP contribution in [0.4, 0.5) is 4.79 Å². The normalized spacial score (nSPS) is 23.2. The fourth-order valence-electron chi connectivity index (χ4n) is 4.63. The number of hydrogen-bond donors (Lipinski definition) is 2. The first-order chi connectivity index (χ1) is 14.3. The minimum Gasteiger partial charge on any atom is -0.449 e. The number of likely N-dealkylation sites (N-methyl/N-ethyl adjacent to an activating group) is 1. The van der Waals surface area contributed by atoms with Crippen molar-refractivity contribution in [2.75, 3.05) is 39.8 Å². The lowest BCUT2D eigenvalue weighted by molar-refractivity contribution is -0.137. The maximum Gasteiger partial charge on any atom is 0.512 e. The van der Waals surface area contributed by atoms with Crippen molar-refractivity contribution in [3.05, 3.63) is 29.8 Å². The number of benzene rings is 1. The predicted octanol–water partition coefficient (Wildman–Crippen LogP) is 0.944. The van der Waals surface area contributed by atoms with Crippen molar-refractivity contribution in [3.63, 3.8) is 0 Å². The molecule has 0 bridgehead atoms. The fourth-order valence-corrected chi connectivity index (χ4v) is 4.63. The van der Waals surface area contributed by atoms with E-state index in [9.17, 15) is 14.7 Å². The lowest BCUT2D eigenvalue weighted by atomic mass is 10.1. The number of aryl methyl sites for hydroxylation is 1. The summed E-state index contributed by atoms with van der Waals surface area (Å²) in [6, 6.07) is 7.45. The molecule has 1 aromatic heterocycles. The van der Waals surface area contributed by atoms with Gasteiger partial charge >= 0.3 is 6.16 Å². The molecular formula is C21H28N4O5. The molecule has 162 valence electrons. The number of aliphatic hydroxyl groups is 1. The Bertz CT molecular complexity index is 950. The number of carboxylic acid groups (broad SMARTS) is 1. The second kappa shape index (κ2) is 8.25. The Morgan fingerprint density at radius 1 is 1.17 bits per heavy atom. The van der Waals surface area contributed by atoms with E-state index in [1.165, 1.54) is 0 Å². The minimum atomic E-state index is -1.33. The Morgan fingerprint density at radius 2 is 1.90 bits per heavy atom. The average molecular weight is 416 g/mol. The predicted molar refractivity (Wildman–Crippen MR) is 110 cm³/mol. The van der Waals surface area contributed by atoms with Crippen molar-refractivity contribution >= 4 is 23.0 Å². The highest BCUT2D eigenvalue weighted by molar-refractivity contribution is 5.86. The third kappa shape index (κ3) is 4.00.